The number of hydrogen-bond acceptors (Lipinski definition) is 3. The standard InChI is InChI=1S/C10H17N3O/c1-3-5-6-7-13-10(4-2)9(8-14)11-12-13/h8H,3-7H2,1-2H3. The molecule has 0 fully saturated rings. The Balaban J connectivity index is 2.66. The zero-order valence-electron chi connectivity index (χ0n) is 8.86. The predicted molar refractivity (Wildman–Crippen MR) is 54.3 cm³/mol. The first-order valence-corrected chi connectivity index (χ1v) is 5.21. The zero-order valence-corrected chi connectivity index (χ0v) is 8.86. The second-order valence-corrected chi connectivity index (χ2v) is 3.32. The van der Waals surface area contributed by atoms with E-state index in [-0.39, 0.29) is 0 Å². The zero-order chi connectivity index (χ0) is 10.4. The third-order valence-electron chi connectivity index (χ3n) is 2.29. The van der Waals surface area contributed by atoms with Gasteiger partial charge in [-0.25, -0.2) is 4.68 Å². The van der Waals surface area contributed by atoms with Gasteiger partial charge >= 0.3 is 0 Å². The fourth-order valence-electron chi connectivity index (χ4n) is 1.49. The van der Waals surface area contributed by atoms with Gasteiger partial charge in [-0.3, -0.25) is 4.79 Å². The number of nitrogens with zero attached hydrogens (tertiary/aromatic N) is 3. The first-order valence-electron chi connectivity index (χ1n) is 5.21. The monoisotopic (exact) mass is 195 g/mol. The lowest BCUT2D eigenvalue weighted by atomic mass is 10.2. The number of aromatic nitrogens is 3. The molecule has 1 rings (SSSR count). The minimum Gasteiger partial charge on any atom is -0.296 e. The summed E-state index contributed by atoms with van der Waals surface area (Å²) in [5.41, 5.74) is 1.44. The van der Waals surface area contributed by atoms with E-state index >= 15 is 0 Å². The highest BCUT2D eigenvalue weighted by molar-refractivity contribution is 5.73. The fourth-order valence-corrected chi connectivity index (χ4v) is 1.49. The molecule has 0 unspecified atom stereocenters. The van der Waals surface area contributed by atoms with E-state index in [2.05, 4.69) is 17.2 Å². The van der Waals surface area contributed by atoms with E-state index < -0.39 is 0 Å². The number of unbranched alkanes of at least 4 members (excludes halogenated alkanes) is 2. The van der Waals surface area contributed by atoms with E-state index in [0.717, 1.165) is 31.4 Å². The fraction of sp³-hybridized carbons (Fsp3) is 0.700. The highest BCUT2D eigenvalue weighted by Crippen LogP contribution is 2.06. The Morgan fingerprint density at radius 3 is 2.71 bits per heavy atom. The third kappa shape index (κ3) is 2.40. The number of aldehydes is 1. The van der Waals surface area contributed by atoms with Gasteiger partial charge in [0.1, 0.15) is 5.69 Å². The predicted octanol–water partition coefficient (Wildman–Crippen LogP) is 1.84. The normalized spacial score (nSPS) is 10.4. The molecule has 1 aromatic heterocycles. The minimum absolute atomic E-state index is 0.490. The third-order valence-corrected chi connectivity index (χ3v) is 2.29. The van der Waals surface area contributed by atoms with Crippen molar-refractivity contribution in [2.24, 2.45) is 0 Å². The van der Waals surface area contributed by atoms with E-state index in [0.29, 0.717) is 5.69 Å². The van der Waals surface area contributed by atoms with Crippen molar-refractivity contribution in [3.05, 3.63) is 11.4 Å². The van der Waals surface area contributed by atoms with Crippen LogP contribution in [0.25, 0.3) is 0 Å². The van der Waals surface area contributed by atoms with Crippen LogP contribution < -0.4 is 0 Å². The number of carbonyl (C=O) groups is 1. The Morgan fingerprint density at radius 2 is 2.14 bits per heavy atom. The summed E-state index contributed by atoms with van der Waals surface area (Å²) in [7, 11) is 0. The Hall–Kier alpha value is -1.19. The molecule has 0 aliphatic heterocycles. The number of aryl methyl sites for hydroxylation is 1. The smallest absolute Gasteiger partial charge is 0.172 e. The molecule has 1 heterocycles. The maximum atomic E-state index is 10.6. The van der Waals surface area contributed by atoms with E-state index in [1.165, 1.54) is 12.8 Å². The summed E-state index contributed by atoms with van der Waals surface area (Å²) in [6.45, 7) is 5.05. The van der Waals surface area contributed by atoms with Crippen LogP contribution in [-0.4, -0.2) is 21.3 Å². The summed E-state index contributed by atoms with van der Waals surface area (Å²) in [6.07, 6.45) is 5.08. The minimum atomic E-state index is 0.490. The first kappa shape index (κ1) is 10.9. The molecule has 0 amide bonds. The van der Waals surface area contributed by atoms with Gasteiger partial charge in [-0.1, -0.05) is 31.9 Å². The van der Waals surface area contributed by atoms with Gasteiger partial charge in [0.25, 0.3) is 0 Å². The number of carbonyl (C=O) groups excluding carboxylic acids is 1. The molecule has 4 nitrogen and oxygen atoms in total. The Morgan fingerprint density at radius 1 is 1.36 bits per heavy atom. The highest BCUT2D eigenvalue weighted by atomic mass is 16.1. The average molecular weight is 195 g/mol. The van der Waals surface area contributed by atoms with Gasteiger partial charge in [0.2, 0.25) is 0 Å². The SMILES string of the molecule is CCCCCn1nnc(C=O)c1CC. The molecule has 0 saturated heterocycles. The Bertz CT molecular complexity index is 294. The molecule has 0 aromatic carbocycles. The summed E-state index contributed by atoms with van der Waals surface area (Å²) in [5, 5.41) is 7.79. The van der Waals surface area contributed by atoms with Crippen LogP contribution in [0.5, 0.6) is 0 Å². The maximum Gasteiger partial charge on any atom is 0.172 e. The van der Waals surface area contributed by atoms with Crippen LogP contribution in [0.2, 0.25) is 0 Å². The van der Waals surface area contributed by atoms with Crippen molar-refractivity contribution in [3.8, 4) is 0 Å². The molecule has 0 aliphatic carbocycles. The van der Waals surface area contributed by atoms with Gasteiger partial charge < -0.3 is 0 Å². The molecular weight excluding hydrogens is 178 g/mol. The Labute approximate surface area is 84.3 Å². The summed E-state index contributed by atoms with van der Waals surface area (Å²) >= 11 is 0. The topological polar surface area (TPSA) is 47.8 Å². The highest BCUT2D eigenvalue weighted by Gasteiger charge is 2.08. The van der Waals surface area contributed by atoms with Crippen molar-refractivity contribution in [2.45, 2.75) is 46.1 Å². The molecule has 78 valence electrons. The molecule has 14 heavy (non-hydrogen) atoms. The average Bonchev–Trinajstić information content (AvgIpc) is 2.60. The molecular formula is C10H17N3O. The number of hydrogen-bond donors (Lipinski definition) is 0. The van der Waals surface area contributed by atoms with E-state index in [4.69, 9.17) is 0 Å². The maximum absolute atomic E-state index is 10.6. The lowest BCUT2D eigenvalue weighted by Gasteiger charge is -2.03. The van der Waals surface area contributed by atoms with Crippen molar-refractivity contribution in [2.75, 3.05) is 0 Å². The molecule has 0 radical (unpaired) electrons. The van der Waals surface area contributed by atoms with Crippen LogP contribution in [0.4, 0.5) is 0 Å². The first-order chi connectivity index (χ1) is 6.83. The van der Waals surface area contributed by atoms with Crippen molar-refractivity contribution in [3.63, 3.8) is 0 Å². The Kier molecular flexibility index (Phi) is 4.29. The van der Waals surface area contributed by atoms with Crippen molar-refractivity contribution >= 4 is 6.29 Å². The largest absolute Gasteiger partial charge is 0.296 e. The van der Waals surface area contributed by atoms with Crippen molar-refractivity contribution < 1.29 is 4.79 Å². The number of rotatable bonds is 6. The quantitative estimate of drug-likeness (QED) is 0.514. The van der Waals surface area contributed by atoms with Gasteiger partial charge in [-0.2, -0.15) is 0 Å². The molecule has 4 heteroatoms. The lowest BCUT2D eigenvalue weighted by molar-refractivity contribution is 0.111. The van der Waals surface area contributed by atoms with Gasteiger partial charge in [0, 0.05) is 6.54 Å². The second kappa shape index (κ2) is 5.52. The van der Waals surface area contributed by atoms with Crippen LogP contribution in [0.15, 0.2) is 0 Å². The second-order valence-electron chi connectivity index (χ2n) is 3.32. The molecule has 0 saturated carbocycles. The van der Waals surface area contributed by atoms with Gasteiger partial charge in [0.15, 0.2) is 6.29 Å². The van der Waals surface area contributed by atoms with Crippen molar-refractivity contribution in [1.29, 1.82) is 0 Å². The van der Waals surface area contributed by atoms with Gasteiger partial charge in [-0.05, 0) is 12.8 Å². The van der Waals surface area contributed by atoms with E-state index in [1.54, 1.807) is 0 Å². The summed E-state index contributed by atoms with van der Waals surface area (Å²) < 4.78 is 1.85. The van der Waals surface area contributed by atoms with Crippen LogP contribution >= 0.6 is 0 Å². The molecule has 0 N–H and O–H groups in total. The van der Waals surface area contributed by atoms with E-state index in [9.17, 15) is 4.79 Å². The molecule has 0 aliphatic rings. The van der Waals surface area contributed by atoms with Crippen LogP contribution in [-0.2, 0) is 13.0 Å². The molecule has 0 bridgehead atoms. The molecule has 0 spiro atoms. The molecule has 0 atom stereocenters. The van der Waals surface area contributed by atoms with Crippen molar-refractivity contribution in [1.82, 2.24) is 15.0 Å². The molecule has 1 aromatic rings. The summed E-state index contributed by atoms with van der Waals surface area (Å²) in [6, 6.07) is 0. The summed E-state index contributed by atoms with van der Waals surface area (Å²) in [5.74, 6) is 0. The van der Waals surface area contributed by atoms with Crippen LogP contribution in [0.1, 0.15) is 49.3 Å². The van der Waals surface area contributed by atoms with Gasteiger partial charge in [-0.15, -0.1) is 5.10 Å². The van der Waals surface area contributed by atoms with Crippen LogP contribution in [0, 0.1) is 0 Å². The van der Waals surface area contributed by atoms with E-state index in [1.807, 2.05) is 11.6 Å². The van der Waals surface area contributed by atoms with Gasteiger partial charge in [0.05, 0.1) is 5.69 Å². The summed E-state index contributed by atoms with van der Waals surface area (Å²) in [4.78, 5) is 10.6. The lowest BCUT2D eigenvalue weighted by Crippen LogP contribution is -2.05. The van der Waals surface area contributed by atoms with Crippen LogP contribution in [0.3, 0.4) is 0 Å².